The molecule has 0 amide bonds. The number of hydrogen-bond acceptors (Lipinski definition) is 5. The summed E-state index contributed by atoms with van der Waals surface area (Å²) in [6.07, 6.45) is 8.40. The molecule has 14 aromatic rings. The molecular formula is C90H70N6. The van der Waals surface area contributed by atoms with E-state index in [2.05, 4.69) is 343 Å². The van der Waals surface area contributed by atoms with Gasteiger partial charge in [0.05, 0.1) is 40.7 Å². The number of anilines is 6. The molecule has 14 rings (SSSR count). The highest BCUT2D eigenvalue weighted by Crippen LogP contribution is 2.44. The lowest BCUT2D eigenvalue weighted by Gasteiger charge is -2.27. The van der Waals surface area contributed by atoms with Crippen molar-refractivity contribution in [3.05, 3.63) is 327 Å². The van der Waals surface area contributed by atoms with E-state index < -0.39 is 0 Å². The van der Waals surface area contributed by atoms with Crippen molar-refractivity contribution in [2.45, 2.75) is 66.2 Å². The van der Waals surface area contributed by atoms with E-state index in [9.17, 15) is 15.8 Å². The van der Waals surface area contributed by atoms with Gasteiger partial charge >= 0.3 is 0 Å². The number of benzene rings is 14. The Morgan fingerprint density at radius 1 is 0.323 bits per heavy atom. The fourth-order valence-corrected chi connectivity index (χ4v) is 13.0. The fraction of sp³-hybridized carbons (Fsp3) is 0.111. The molecule has 0 saturated carbocycles. The van der Waals surface area contributed by atoms with E-state index in [1.54, 1.807) is 0 Å². The molecule has 0 bridgehead atoms. The smallest absolute Gasteiger partial charge is 0.212 e. The van der Waals surface area contributed by atoms with E-state index in [0.717, 1.165) is 105 Å². The van der Waals surface area contributed by atoms with Crippen LogP contribution < -0.4 is 9.80 Å². The minimum Gasteiger partial charge on any atom is -0.310 e. The fourth-order valence-electron chi connectivity index (χ4n) is 13.0. The molecule has 0 aliphatic rings. The van der Waals surface area contributed by atoms with E-state index in [1.807, 2.05) is 24.3 Å². The number of nitrogens with zero attached hydrogens (tertiary/aromatic N) is 6. The molecule has 0 spiro atoms. The van der Waals surface area contributed by atoms with Crippen molar-refractivity contribution in [3.63, 3.8) is 0 Å². The quantitative estimate of drug-likeness (QED) is 0.0774. The van der Waals surface area contributed by atoms with Gasteiger partial charge in [-0.3, -0.25) is 0 Å². The number of aryl methyl sites for hydroxylation is 2. The summed E-state index contributed by atoms with van der Waals surface area (Å²) in [5, 5.41) is 42.3. The van der Waals surface area contributed by atoms with Crippen LogP contribution >= 0.6 is 0 Å². The first-order valence-electron chi connectivity index (χ1n) is 32.4. The summed E-state index contributed by atoms with van der Waals surface area (Å²) in [6.45, 7) is 25.3. The molecule has 6 nitrogen and oxygen atoms in total. The predicted octanol–water partition coefficient (Wildman–Crippen LogP) is 25.0. The Balaban J connectivity index is 0.000000174. The molecule has 0 saturated heterocycles. The summed E-state index contributed by atoms with van der Waals surface area (Å²) in [5.41, 5.74) is 17.2. The molecule has 0 unspecified atom stereocenters. The molecule has 6 heteroatoms. The largest absolute Gasteiger partial charge is 0.310 e. The minimum atomic E-state index is -0.0596. The average Bonchev–Trinajstić information content (AvgIpc) is 0.754. The van der Waals surface area contributed by atoms with E-state index >= 15 is 0 Å². The molecule has 0 fully saturated rings. The minimum absolute atomic E-state index is 0.0481. The second kappa shape index (κ2) is 26.0. The van der Waals surface area contributed by atoms with E-state index in [0.29, 0.717) is 22.4 Å². The molecule has 0 aliphatic carbocycles. The van der Waals surface area contributed by atoms with Crippen LogP contribution in [0.2, 0.25) is 0 Å². The molecule has 96 heavy (non-hydrogen) atoms. The Kier molecular flexibility index (Phi) is 16.9. The molecule has 14 aromatic carbocycles. The maximum Gasteiger partial charge on any atom is 0.212 e. The van der Waals surface area contributed by atoms with Crippen LogP contribution in [0.25, 0.3) is 93.8 Å². The van der Waals surface area contributed by atoms with Crippen molar-refractivity contribution in [3.8, 4) is 18.2 Å². The Morgan fingerprint density at radius 3 is 1.10 bits per heavy atom. The lowest BCUT2D eigenvalue weighted by molar-refractivity contribution is 0.591. The van der Waals surface area contributed by atoms with E-state index in [1.165, 1.54) is 38.2 Å². The molecule has 0 heterocycles. The molecule has 0 aliphatic heterocycles. The number of hydrogen-bond donors (Lipinski definition) is 0. The third-order valence-electron chi connectivity index (χ3n) is 18.3. The van der Waals surface area contributed by atoms with Crippen LogP contribution in [0, 0.1) is 54.4 Å². The van der Waals surface area contributed by atoms with Gasteiger partial charge < -0.3 is 9.80 Å². The zero-order chi connectivity index (χ0) is 66.8. The van der Waals surface area contributed by atoms with Gasteiger partial charge in [-0.05, 0) is 174 Å². The monoisotopic (exact) mass is 1230 g/mol. The van der Waals surface area contributed by atoms with Crippen LogP contribution in [0.3, 0.4) is 0 Å². The molecule has 460 valence electrons. The second-order valence-corrected chi connectivity index (χ2v) is 26.7. The van der Waals surface area contributed by atoms with Crippen LogP contribution in [0.4, 0.5) is 39.8 Å². The maximum atomic E-state index is 10.2. The van der Waals surface area contributed by atoms with Crippen molar-refractivity contribution in [2.75, 3.05) is 9.80 Å². The Hall–Kier alpha value is -12.3. The zero-order valence-electron chi connectivity index (χ0n) is 55.2. The van der Waals surface area contributed by atoms with Crippen LogP contribution in [0.1, 0.15) is 103 Å². The van der Waals surface area contributed by atoms with Gasteiger partial charge in [0.15, 0.2) is 0 Å². The van der Waals surface area contributed by atoms with Gasteiger partial charge in [-0.2, -0.15) is 15.8 Å². The van der Waals surface area contributed by atoms with Crippen LogP contribution in [0.15, 0.2) is 255 Å². The van der Waals surface area contributed by atoms with Crippen LogP contribution in [-0.2, 0) is 10.8 Å². The molecule has 0 atom stereocenters. The molecular weight excluding hydrogens is 1170 g/mol. The summed E-state index contributed by atoms with van der Waals surface area (Å²) in [4.78, 5) is 8.50. The Labute approximate surface area is 562 Å². The first-order chi connectivity index (χ1) is 46.5. The van der Waals surface area contributed by atoms with Crippen LogP contribution in [-0.4, -0.2) is 0 Å². The highest BCUT2D eigenvalue weighted by molar-refractivity contribution is 6.17. The average molecular weight is 1240 g/mol. The second-order valence-electron chi connectivity index (χ2n) is 26.7. The molecule has 0 radical (unpaired) electrons. The van der Waals surface area contributed by atoms with E-state index in [-0.39, 0.29) is 10.8 Å². The summed E-state index contributed by atoms with van der Waals surface area (Å²) in [6, 6.07) is 96.3. The van der Waals surface area contributed by atoms with Crippen molar-refractivity contribution < 1.29 is 0 Å². The van der Waals surface area contributed by atoms with Gasteiger partial charge in [-0.15, -0.1) is 0 Å². The molecule has 0 N–H and O–H groups in total. The summed E-state index contributed by atoms with van der Waals surface area (Å²) in [7, 11) is 0. The lowest BCUT2D eigenvalue weighted by atomic mass is 9.83. The van der Waals surface area contributed by atoms with Crippen molar-refractivity contribution >= 4 is 129 Å². The summed E-state index contributed by atoms with van der Waals surface area (Å²) < 4.78 is 0. The third-order valence-corrected chi connectivity index (χ3v) is 18.3. The Morgan fingerprint density at radius 2 is 0.667 bits per heavy atom. The topological polar surface area (TPSA) is 82.2 Å². The Bertz CT molecular complexity index is 5590. The predicted molar refractivity (Wildman–Crippen MR) is 405 cm³/mol. The number of fused-ring (bicyclic) bond motifs is 8. The van der Waals surface area contributed by atoms with E-state index in [4.69, 9.17) is 6.57 Å². The highest BCUT2D eigenvalue weighted by Gasteiger charge is 2.23. The van der Waals surface area contributed by atoms with Crippen molar-refractivity contribution in [1.82, 2.24) is 0 Å². The van der Waals surface area contributed by atoms with Crippen molar-refractivity contribution in [1.29, 1.82) is 15.8 Å². The van der Waals surface area contributed by atoms with Gasteiger partial charge in [0.25, 0.3) is 0 Å². The van der Waals surface area contributed by atoms with Gasteiger partial charge in [0, 0.05) is 44.3 Å². The van der Waals surface area contributed by atoms with Crippen LogP contribution in [0.5, 0.6) is 0 Å². The molecule has 0 aromatic heterocycles. The van der Waals surface area contributed by atoms with Crippen molar-refractivity contribution in [2.24, 2.45) is 0 Å². The number of nitriles is 3. The number of rotatable bonds is 10. The maximum absolute atomic E-state index is 10.2. The third kappa shape index (κ3) is 12.3. The first-order valence-corrected chi connectivity index (χ1v) is 32.4. The SMILES string of the molecule is Cc1ccc(N(c2ccc(C=Cc3ccc4c(C#N)c(C#N)c5ccc(C(C)(C)C)cc5c4c3)cc2)c2cccc3ccccc23)cc1.[C-]#[N+]c1c(C#N)c2cc(C(C)(C)C)ccc2c2ccc(C=Cc3ccc(N(c4ccc(C)cc4)c4cccc5ccccc45)cc3)cc12. The van der Waals surface area contributed by atoms with Gasteiger partial charge in [0.2, 0.25) is 5.69 Å². The van der Waals surface area contributed by atoms with Gasteiger partial charge in [-0.1, -0.05) is 259 Å². The highest BCUT2D eigenvalue weighted by atomic mass is 15.1. The lowest BCUT2D eigenvalue weighted by Crippen LogP contribution is -2.10. The summed E-state index contributed by atoms with van der Waals surface area (Å²) in [5.74, 6) is 0. The van der Waals surface area contributed by atoms with Gasteiger partial charge in [-0.25, -0.2) is 4.85 Å². The standard InChI is InChI=1S/2C45H35N3/c1-30-13-21-35(22-14-30)48(43-12-8-10-33-9-6-7-11-37(33)43)36-23-17-31(18-24-36)15-16-32-19-25-39-38-26-20-34(45(2,3)4)28-40(38)42(29-46)44(47-5)41(39)27-32;1-30-12-20-35(21-13-30)48(44-11-7-9-33-8-5-6-10-37(33)44)36-22-16-31(17-23-36)14-15-32-18-24-38-40(26-32)41-27-34(45(2,3)4)19-25-39(41)43(29-47)42(38)28-46/h6-28H,1-4H3;5-27H,1-4H3. The first kappa shape index (κ1) is 62.5. The normalized spacial score (nSPS) is 11.6. The zero-order valence-corrected chi connectivity index (χ0v) is 55.2. The summed E-state index contributed by atoms with van der Waals surface area (Å²) >= 11 is 0. The van der Waals surface area contributed by atoms with Gasteiger partial charge in [0.1, 0.15) is 12.1 Å².